The first-order valence-corrected chi connectivity index (χ1v) is 12.5. The molecular weight excluding hydrogens is 657 g/mol. The third kappa shape index (κ3) is 4.36. The zero-order chi connectivity index (χ0) is 25.5. The van der Waals surface area contributed by atoms with Crippen molar-refractivity contribution in [1.82, 2.24) is 19.4 Å². The molecular formula is C34H22IrN4-2. The summed E-state index contributed by atoms with van der Waals surface area (Å²) in [5, 5.41) is 4.91. The minimum absolute atomic E-state index is 0. The van der Waals surface area contributed by atoms with Gasteiger partial charge in [-0.25, -0.2) is 0 Å². The molecule has 3 aromatic carbocycles. The van der Waals surface area contributed by atoms with Crippen LogP contribution in [0.5, 0.6) is 0 Å². The van der Waals surface area contributed by atoms with Crippen molar-refractivity contribution in [1.29, 1.82) is 0 Å². The monoisotopic (exact) mass is 679 g/mol. The molecule has 0 amide bonds. The molecule has 0 bridgehead atoms. The van der Waals surface area contributed by atoms with Gasteiger partial charge in [0.15, 0.2) is 0 Å². The van der Waals surface area contributed by atoms with Gasteiger partial charge < -0.3 is 19.4 Å². The van der Waals surface area contributed by atoms with Crippen LogP contribution in [0.15, 0.2) is 116 Å². The zero-order valence-corrected chi connectivity index (χ0v) is 23.5. The summed E-state index contributed by atoms with van der Waals surface area (Å²) in [7, 11) is 0. The van der Waals surface area contributed by atoms with Crippen molar-refractivity contribution in [3.05, 3.63) is 133 Å². The molecule has 189 valence electrons. The molecule has 0 spiro atoms. The molecule has 0 saturated carbocycles. The average Bonchev–Trinajstić information content (AvgIpc) is 3.51. The Morgan fingerprint density at radius 1 is 0.667 bits per heavy atom. The summed E-state index contributed by atoms with van der Waals surface area (Å²) < 4.78 is 2.26. The maximum Gasteiger partial charge on any atom is 0.0604 e. The van der Waals surface area contributed by atoms with Gasteiger partial charge in [0, 0.05) is 48.8 Å². The van der Waals surface area contributed by atoms with Crippen LogP contribution in [0.25, 0.3) is 60.7 Å². The summed E-state index contributed by atoms with van der Waals surface area (Å²) in [5.74, 6) is 0. The number of pyridine rings is 3. The van der Waals surface area contributed by atoms with E-state index in [9.17, 15) is 0 Å². The molecule has 0 aliphatic carbocycles. The summed E-state index contributed by atoms with van der Waals surface area (Å²) in [6.45, 7) is 2.04. The van der Waals surface area contributed by atoms with Crippen molar-refractivity contribution in [3.63, 3.8) is 0 Å². The van der Waals surface area contributed by atoms with E-state index in [2.05, 4.69) is 81.2 Å². The van der Waals surface area contributed by atoms with Crippen LogP contribution in [-0.4, -0.2) is 19.4 Å². The number of nitrogens with zero attached hydrogens (tertiary/aromatic N) is 4. The van der Waals surface area contributed by atoms with Crippen LogP contribution in [0, 0.1) is 19.2 Å². The van der Waals surface area contributed by atoms with Crippen LogP contribution in [-0.2, 0) is 20.1 Å². The maximum absolute atomic E-state index is 4.72. The molecule has 8 aromatic rings. The van der Waals surface area contributed by atoms with Crippen LogP contribution >= 0.6 is 0 Å². The van der Waals surface area contributed by atoms with Crippen molar-refractivity contribution in [2.75, 3.05) is 0 Å². The summed E-state index contributed by atoms with van der Waals surface area (Å²) in [5.41, 5.74) is 8.37. The Kier molecular flexibility index (Phi) is 6.62. The van der Waals surface area contributed by atoms with E-state index in [1.54, 1.807) is 6.20 Å². The first-order chi connectivity index (χ1) is 18.8. The molecule has 1 radical (unpaired) electrons. The molecule has 4 nitrogen and oxygen atoms in total. The molecule has 5 heteroatoms. The smallest absolute Gasteiger partial charge is 0.0604 e. The third-order valence-electron chi connectivity index (χ3n) is 6.85. The predicted octanol–water partition coefficient (Wildman–Crippen LogP) is 7.95. The van der Waals surface area contributed by atoms with Crippen molar-refractivity contribution >= 4 is 38.2 Å². The largest absolute Gasteiger partial charge is 0.335 e. The summed E-state index contributed by atoms with van der Waals surface area (Å²) in [6, 6.07) is 38.1. The molecule has 0 aliphatic rings. The number of para-hydroxylation sites is 2. The van der Waals surface area contributed by atoms with Crippen molar-refractivity contribution in [2.24, 2.45) is 0 Å². The van der Waals surface area contributed by atoms with Gasteiger partial charge in [0.2, 0.25) is 0 Å². The quantitative estimate of drug-likeness (QED) is 0.175. The van der Waals surface area contributed by atoms with Crippen LogP contribution in [0.3, 0.4) is 0 Å². The number of fused-ring (bicyclic) bond motifs is 6. The third-order valence-corrected chi connectivity index (χ3v) is 6.85. The summed E-state index contributed by atoms with van der Waals surface area (Å²) >= 11 is 0. The maximum atomic E-state index is 4.72. The average molecular weight is 679 g/mol. The van der Waals surface area contributed by atoms with Gasteiger partial charge in [0.1, 0.15) is 0 Å². The van der Waals surface area contributed by atoms with Gasteiger partial charge in [-0.05, 0) is 47.6 Å². The SMILES string of the molecule is Cc1ccc(-c2[c-]nc3c(c2)c2cccc4c5ccccc5n3c42)nc1.[Ir].[c-]1ccccc1-c1ccccn1. The molecule has 0 fully saturated rings. The molecule has 0 saturated heterocycles. The molecule has 39 heavy (non-hydrogen) atoms. The second kappa shape index (κ2) is 10.4. The number of aryl methyl sites for hydroxylation is 1. The Morgan fingerprint density at radius 3 is 2.21 bits per heavy atom. The standard InChI is InChI=1S/C23H14N3.C11H8N.Ir/c1-14-9-10-20(24-12-14)15-11-19-18-7-4-6-17-16-5-2-3-8-21(16)26(22(17)18)23(19)25-13-15;1-2-6-10(7-3-1)11-8-4-5-9-12-11;/h2-12H,1H3;1-6,8-9H;/q2*-1;. The van der Waals surface area contributed by atoms with Crippen LogP contribution in [0.1, 0.15) is 5.56 Å². The van der Waals surface area contributed by atoms with Gasteiger partial charge in [0.25, 0.3) is 0 Å². The van der Waals surface area contributed by atoms with Crippen molar-refractivity contribution < 1.29 is 20.1 Å². The Morgan fingerprint density at radius 2 is 1.44 bits per heavy atom. The Balaban J connectivity index is 0.000000180. The first-order valence-electron chi connectivity index (χ1n) is 12.5. The number of hydrogen-bond donors (Lipinski definition) is 0. The number of benzene rings is 3. The number of hydrogen-bond acceptors (Lipinski definition) is 3. The Bertz CT molecular complexity index is 1980. The molecule has 0 atom stereocenters. The van der Waals surface area contributed by atoms with Crippen LogP contribution in [0.2, 0.25) is 0 Å². The Hall–Kier alpha value is -4.44. The predicted molar refractivity (Wildman–Crippen MR) is 154 cm³/mol. The summed E-state index contributed by atoms with van der Waals surface area (Å²) in [6.07, 6.45) is 6.87. The normalized spacial score (nSPS) is 11.0. The minimum atomic E-state index is 0. The van der Waals surface area contributed by atoms with E-state index in [0.717, 1.165) is 39.1 Å². The van der Waals surface area contributed by atoms with E-state index < -0.39 is 0 Å². The van der Waals surface area contributed by atoms with Gasteiger partial charge in [0.05, 0.1) is 11.2 Å². The minimum Gasteiger partial charge on any atom is -0.335 e. The fourth-order valence-corrected chi connectivity index (χ4v) is 5.07. The van der Waals surface area contributed by atoms with Crippen LogP contribution < -0.4 is 0 Å². The van der Waals surface area contributed by atoms with E-state index in [1.807, 2.05) is 61.7 Å². The molecule has 5 heterocycles. The van der Waals surface area contributed by atoms with E-state index >= 15 is 0 Å². The molecule has 5 aromatic heterocycles. The molecule has 0 N–H and O–H groups in total. The van der Waals surface area contributed by atoms with Gasteiger partial charge in [-0.3, -0.25) is 0 Å². The number of aromatic nitrogens is 4. The van der Waals surface area contributed by atoms with E-state index in [-0.39, 0.29) is 20.1 Å². The second-order valence-corrected chi connectivity index (χ2v) is 9.29. The van der Waals surface area contributed by atoms with Crippen molar-refractivity contribution in [3.8, 4) is 22.5 Å². The molecule has 8 rings (SSSR count). The molecule has 0 aliphatic heterocycles. The van der Waals surface area contributed by atoms with E-state index in [4.69, 9.17) is 4.98 Å². The second-order valence-electron chi connectivity index (χ2n) is 9.29. The fraction of sp³-hybridized carbons (Fsp3) is 0.0294. The van der Waals surface area contributed by atoms with E-state index in [1.165, 1.54) is 27.2 Å². The zero-order valence-electron chi connectivity index (χ0n) is 21.1. The van der Waals surface area contributed by atoms with E-state index in [0.29, 0.717) is 0 Å². The van der Waals surface area contributed by atoms with Gasteiger partial charge in [-0.1, -0.05) is 66.0 Å². The van der Waals surface area contributed by atoms with Gasteiger partial charge in [-0.2, -0.15) is 0 Å². The van der Waals surface area contributed by atoms with Crippen LogP contribution in [0.4, 0.5) is 0 Å². The summed E-state index contributed by atoms with van der Waals surface area (Å²) in [4.78, 5) is 13.5. The number of rotatable bonds is 2. The Labute approximate surface area is 239 Å². The van der Waals surface area contributed by atoms with Gasteiger partial charge in [-0.15, -0.1) is 47.5 Å². The topological polar surface area (TPSA) is 43.1 Å². The fourth-order valence-electron chi connectivity index (χ4n) is 5.07. The van der Waals surface area contributed by atoms with Gasteiger partial charge >= 0.3 is 0 Å². The molecule has 0 unspecified atom stereocenters. The first kappa shape index (κ1) is 24.9. The van der Waals surface area contributed by atoms with Crippen molar-refractivity contribution in [2.45, 2.75) is 6.92 Å².